The molecule has 0 aromatic heterocycles. The first-order chi connectivity index (χ1) is 29.5. The molecule has 350 valence electrons. The van der Waals surface area contributed by atoms with Gasteiger partial charge in [-0.05, 0) is 83.5 Å². The van der Waals surface area contributed by atoms with Crippen molar-refractivity contribution in [3.8, 4) is 0 Å². The molecule has 0 saturated heterocycles. The Balaban J connectivity index is 4.42. The standard InChI is InChI=1S/C54H99NO5/c1-4-7-10-13-16-19-21-23-25-26-27-28-29-31-33-35-38-41-44-47-54(59)60-50(45-42-39-36-18-15-12-9-6-3)48-53(58)55-51(49-56)52(57)46-43-40-37-34-32-30-24-22-20-17-14-11-8-5-2/h12,15-16,19,23,25,27-28,50-52,56-57H,4-11,13-14,17-18,20-22,24,26,29-49H2,1-3H3,(H,55,58)/b15-12-,19-16-,25-23-,28-27-. The Bertz CT molecular complexity index is 1040. The van der Waals surface area contributed by atoms with E-state index in [2.05, 4.69) is 74.7 Å². The van der Waals surface area contributed by atoms with Crippen molar-refractivity contribution in [2.45, 2.75) is 277 Å². The van der Waals surface area contributed by atoms with Gasteiger partial charge in [-0.15, -0.1) is 0 Å². The summed E-state index contributed by atoms with van der Waals surface area (Å²) in [5, 5.41) is 23.7. The van der Waals surface area contributed by atoms with Crippen LogP contribution < -0.4 is 5.32 Å². The van der Waals surface area contributed by atoms with Crippen molar-refractivity contribution in [1.29, 1.82) is 0 Å². The lowest BCUT2D eigenvalue weighted by molar-refractivity contribution is -0.151. The van der Waals surface area contributed by atoms with E-state index in [0.717, 1.165) is 96.3 Å². The summed E-state index contributed by atoms with van der Waals surface area (Å²) in [5.41, 5.74) is 0. The first-order valence-corrected chi connectivity index (χ1v) is 25.9. The number of esters is 1. The van der Waals surface area contributed by atoms with Crippen LogP contribution in [0.15, 0.2) is 48.6 Å². The van der Waals surface area contributed by atoms with Gasteiger partial charge < -0.3 is 20.3 Å². The van der Waals surface area contributed by atoms with E-state index in [0.29, 0.717) is 19.3 Å². The molecule has 60 heavy (non-hydrogen) atoms. The number of ether oxygens (including phenoxy) is 1. The third-order valence-corrected chi connectivity index (χ3v) is 11.6. The van der Waals surface area contributed by atoms with Gasteiger partial charge in [0.15, 0.2) is 0 Å². The van der Waals surface area contributed by atoms with E-state index >= 15 is 0 Å². The number of hydrogen-bond acceptors (Lipinski definition) is 5. The molecule has 6 nitrogen and oxygen atoms in total. The highest BCUT2D eigenvalue weighted by Gasteiger charge is 2.24. The predicted molar refractivity (Wildman–Crippen MR) is 259 cm³/mol. The smallest absolute Gasteiger partial charge is 0.306 e. The lowest BCUT2D eigenvalue weighted by atomic mass is 10.0. The van der Waals surface area contributed by atoms with E-state index in [1.165, 1.54) is 116 Å². The van der Waals surface area contributed by atoms with Crippen LogP contribution in [0.5, 0.6) is 0 Å². The molecule has 0 fully saturated rings. The van der Waals surface area contributed by atoms with E-state index < -0.39 is 18.2 Å². The fourth-order valence-electron chi connectivity index (χ4n) is 7.67. The third-order valence-electron chi connectivity index (χ3n) is 11.6. The monoisotopic (exact) mass is 842 g/mol. The molecule has 0 bridgehead atoms. The Morgan fingerprint density at radius 3 is 1.42 bits per heavy atom. The van der Waals surface area contributed by atoms with E-state index in [4.69, 9.17) is 4.74 Å². The van der Waals surface area contributed by atoms with Gasteiger partial charge in [-0.25, -0.2) is 0 Å². The number of carbonyl (C=O) groups excluding carboxylic acids is 2. The summed E-state index contributed by atoms with van der Waals surface area (Å²) in [4.78, 5) is 26.0. The van der Waals surface area contributed by atoms with Crippen LogP contribution in [0.1, 0.15) is 258 Å². The maximum absolute atomic E-state index is 13.1. The molecular formula is C54H99NO5. The van der Waals surface area contributed by atoms with Crippen molar-refractivity contribution in [3.05, 3.63) is 48.6 Å². The lowest BCUT2D eigenvalue weighted by Gasteiger charge is -2.24. The molecule has 0 spiro atoms. The number of carbonyl (C=O) groups is 2. The highest BCUT2D eigenvalue weighted by atomic mass is 16.5. The quantitative estimate of drug-likeness (QED) is 0.0322. The largest absolute Gasteiger partial charge is 0.462 e. The van der Waals surface area contributed by atoms with Crippen LogP contribution in [0.4, 0.5) is 0 Å². The molecular weight excluding hydrogens is 743 g/mol. The normalized spacial score (nSPS) is 13.6. The van der Waals surface area contributed by atoms with Crippen molar-refractivity contribution in [2.24, 2.45) is 0 Å². The van der Waals surface area contributed by atoms with Crippen LogP contribution in [0.2, 0.25) is 0 Å². The average molecular weight is 842 g/mol. The molecule has 0 radical (unpaired) electrons. The van der Waals surface area contributed by atoms with Gasteiger partial charge in [0.1, 0.15) is 6.10 Å². The molecule has 0 heterocycles. The minimum atomic E-state index is -0.792. The number of amides is 1. The molecule has 0 saturated carbocycles. The van der Waals surface area contributed by atoms with Crippen LogP contribution in [-0.2, 0) is 14.3 Å². The Kier molecular flexibility index (Phi) is 46.1. The number of aliphatic hydroxyl groups is 2. The van der Waals surface area contributed by atoms with Crippen LogP contribution in [0, 0.1) is 0 Å². The van der Waals surface area contributed by atoms with Crippen molar-refractivity contribution < 1.29 is 24.5 Å². The Labute approximate surface area is 372 Å². The van der Waals surface area contributed by atoms with Gasteiger partial charge >= 0.3 is 5.97 Å². The van der Waals surface area contributed by atoms with Gasteiger partial charge in [-0.3, -0.25) is 9.59 Å². The highest BCUT2D eigenvalue weighted by Crippen LogP contribution is 2.17. The van der Waals surface area contributed by atoms with Crippen LogP contribution >= 0.6 is 0 Å². The summed E-state index contributed by atoms with van der Waals surface area (Å²) >= 11 is 0. The number of rotatable bonds is 46. The second kappa shape index (κ2) is 47.9. The number of hydrogen-bond donors (Lipinski definition) is 3. The molecule has 0 rings (SSSR count). The summed E-state index contributed by atoms with van der Waals surface area (Å²) in [7, 11) is 0. The molecule has 0 aliphatic carbocycles. The predicted octanol–water partition coefficient (Wildman–Crippen LogP) is 15.5. The number of allylic oxidation sites excluding steroid dienone is 8. The molecule has 3 N–H and O–H groups in total. The summed E-state index contributed by atoms with van der Waals surface area (Å²) in [5.74, 6) is -0.504. The molecule has 0 aromatic carbocycles. The zero-order valence-electron chi connectivity index (χ0n) is 39.8. The van der Waals surface area contributed by atoms with Gasteiger partial charge in [0.2, 0.25) is 5.91 Å². The number of aliphatic hydroxyl groups excluding tert-OH is 2. The molecule has 3 unspecified atom stereocenters. The van der Waals surface area contributed by atoms with Crippen molar-refractivity contribution in [2.75, 3.05) is 6.61 Å². The van der Waals surface area contributed by atoms with Gasteiger partial charge in [-0.2, -0.15) is 0 Å². The van der Waals surface area contributed by atoms with Crippen molar-refractivity contribution in [1.82, 2.24) is 5.32 Å². The molecule has 0 aliphatic rings. The second-order valence-corrected chi connectivity index (χ2v) is 17.6. The van der Waals surface area contributed by atoms with E-state index in [1.807, 2.05) is 0 Å². The fourth-order valence-corrected chi connectivity index (χ4v) is 7.67. The maximum atomic E-state index is 13.1. The summed E-state index contributed by atoms with van der Waals surface area (Å²) in [6, 6.07) is -0.707. The minimum absolute atomic E-state index is 0.0610. The lowest BCUT2D eigenvalue weighted by Crippen LogP contribution is -2.46. The van der Waals surface area contributed by atoms with E-state index in [1.54, 1.807) is 0 Å². The van der Waals surface area contributed by atoms with E-state index in [9.17, 15) is 19.8 Å². The Morgan fingerprint density at radius 1 is 0.483 bits per heavy atom. The van der Waals surface area contributed by atoms with E-state index in [-0.39, 0.29) is 24.9 Å². The van der Waals surface area contributed by atoms with Crippen LogP contribution in [-0.4, -0.2) is 46.9 Å². The molecule has 0 aliphatic heterocycles. The molecule has 0 aromatic rings. The van der Waals surface area contributed by atoms with Gasteiger partial charge in [0.05, 0.1) is 25.2 Å². The number of unbranched alkanes of at least 4 members (excludes halogenated alkanes) is 26. The first-order valence-electron chi connectivity index (χ1n) is 25.9. The van der Waals surface area contributed by atoms with Crippen molar-refractivity contribution >= 4 is 11.9 Å². The second-order valence-electron chi connectivity index (χ2n) is 17.6. The Hall–Kier alpha value is -2.18. The summed E-state index contributed by atoms with van der Waals surface area (Å²) in [6.45, 7) is 6.38. The van der Waals surface area contributed by atoms with Gasteiger partial charge in [0, 0.05) is 6.42 Å². The summed E-state index contributed by atoms with van der Waals surface area (Å²) in [6.07, 6.45) is 57.5. The third kappa shape index (κ3) is 42.5. The van der Waals surface area contributed by atoms with Gasteiger partial charge in [-0.1, -0.05) is 211 Å². The maximum Gasteiger partial charge on any atom is 0.306 e. The fraction of sp³-hybridized carbons (Fsp3) is 0.815. The number of nitrogens with one attached hydrogen (secondary N) is 1. The van der Waals surface area contributed by atoms with Crippen LogP contribution in [0.3, 0.4) is 0 Å². The zero-order valence-corrected chi connectivity index (χ0v) is 39.8. The zero-order chi connectivity index (χ0) is 43.8. The molecule has 1 amide bonds. The highest BCUT2D eigenvalue weighted by molar-refractivity contribution is 5.77. The Morgan fingerprint density at radius 2 is 0.883 bits per heavy atom. The average Bonchev–Trinajstić information content (AvgIpc) is 3.24. The first kappa shape index (κ1) is 57.8. The SMILES string of the molecule is CCC/C=C\CCCCCC(CC(=O)NC(CO)C(O)CCCCCCCCCCCCCCCC)OC(=O)CCCCCCCC/C=C\C/C=C\C/C=C\CCCCC. The topological polar surface area (TPSA) is 95.9 Å². The van der Waals surface area contributed by atoms with Crippen molar-refractivity contribution in [3.63, 3.8) is 0 Å². The minimum Gasteiger partial charge on any atom is -0.462 e. The molecule has 6 heteroatoms. The summed E-state index contributed by atoms with van der Waals surface area (Å²) < 4.78 is 5.90. The van der Waals surface area contributed by atoms with Crippen LogP contribution in [0.25, 0.3) is 0 Å². The van der Waals surface area contributed by atoms with Gasteiger partial charge in [0.25, 0.3) is 0 Å². The molecule has 3 atom stereocenters.